The Morgan fingerprint density at radius 2 is 2.15 bits per heavy atom. The van der Waals surface area contributed by atoms with Crippen LogP contribution < -0.4 is 5.32 Å². The van der Waals surface area contributed by atoms with Gasteiger partial charge in [0, 0.05) is 7.05 Å². The summed E-state index contributed by atoms with van der Waals surface area (Å²) >= 11 is 15.9. The Morgan fingerprint density at radius 3 is 2.75 bits per heavy atom. The Balaban J connectivity index is 2.50. The molecule has 0 aliphatic heterocycles. The molecule has 0 spiro atoms. The van der Waals surface area contributed by atoms with Crippen molar-refractivity contribution in [3.05, 3.63) is 44.1 Å². The van der Waals surface area contributed by atoms with Crippen molar-refractivity contribution >= 4 is 39.1 Å². The minimum absolute atomic E-state index is 0.115. The molecule has 0 saturated carbocycles. The summed E-state index contributed by atoms with van der Waals surface area (Å²) in [6, 6.07) is 5.51. The summed E-state index contributed by atoms with van der Waals surface area (Å²) in [6.45, 7) is 2.96. The van der Waals surface area contributed by atoms with Crippen molar-refractivity contribution < 1.29 is 0 Å². The SMILES string of the molecule is CCCNC(c1cccc(Cl)c1Cl)c1c(Br)nnn1C. The second kappa shape index (κ2) is 6.89. The van der Waals surface area contributed by atoms with Crippen LogP contribution >= 0.6 is 39.1 Å². The molecule has 2 aromatic rings. The molecule has 0 aliphatic rings. The summed E-state index contributed by atoms with van der Waals surface area (Å²) in [4.78, 5) is 0. The first-order valence-electron chi connectivity index (χ1n) is 6.28. The number of benzene rings is 1. The molecule has 0 fully saturated rings. The quantitative estimate of drug-likeness (QED) is 0.856. The van der Waals surface area contributed by atoms with Gasteiger partial charge in [0.25, 0.3) is 0 Å². The minimum Gasteiger partial charge on any atom is -0.305 e. The standard InChI is InChI=1S/C13H15BrCl2N4/c1-3-7-17-11(12-13(14)18-19-20(12)2)8-5-4-6-9(15)10(8)16/h4-6,11,17H,3,7H2,1-2H3. The lowest BCUT2D eigenvalue weighted by atomic mass is 10.0. The fourth-order valence-corrected chi connectivity index (χ4v) is 3.00. The van der Waals surface area contributed by atoms with Gasteiger partial charge >= 0.3 is 0 Å². The summed E-state index contributed by atoms with van der Waals surface area (Å²) in [5.74, 6) is 0. The molecular formula is C13H15BrCl2N4. The molecular weight excluding hydrogens is 363 g/mol. The average Bonchev–Trinajstić information content (AvgIpc) is 2.75. The summed E-state index contributed by atoms with van der Waals surface area (Å²) < 4.78 is 2.43. The topological polar surface area (TPSA) is 42.7 Å². The highest BCUT2D eigenvalue weighted by Gasteiger charge is 2.24. The zero-order valence-corrected chi connectivity index (χ0v) is 14.3. The highest BCUT2D eigenvalue weighted by Crippen LogP contribution is 2.34. The molecule has 0 amide bonds. The first-order chi connectivity index (χ1) is 9.56. The lowest BCUT2D eigenvalue weighted by Gasteiger charge is -2.21. The van der Waals surface area contributed by atoms with E-state index in [2.05, 4.69) is 38.5 Å². The van der Waals surface area contributed by atoms with E-state index in [-0.39, 0.29) is 6.04 Å². The fraction of sp³-hybridized carbons (Fsp3) is 0.385. The Bertz CT molecular complexity index is 581. The van der Waals surface area contributed by atoms with E-state index in [9.17, 15) is 0 Å². The van der Waals surface area contributed by atoms with Gasteiger partial charge in [-0.2, -0.15) is 0 Å². The molecule has 4 nitrogen and oxygen atoms in total. The number of aromatic nitrogens is 3. The number of nitrogens with one attached hydrogen (secondary N) is 1. The van der Waals surface area contributed by atoms with Gasteiger partial charge in [-0.3, -0.25) is 0 Å². The van der Waals surface area contributed by atoms with Crippen LogP contribution in [0.15, 0.2) is 22.8 Å². The van der Waals surface area contributed by atoms with E-state index in [1.807, 2.05) is 19.2 Å². The van der Waals surface area contributed by atoms with E-state index in [0.29, 0.717) is 14.6 Å². The smallest absolute Gasteiger partial charge is 0.153 e. The molecule has 1 aromatic carbocycles. The van der Waals surface area contributed by atoms with Gasteiger partial charge in [0.2, 0.25) is 0 Å². The fourth-order valence-electron chi connectivity index (χ4n) is 2.03. The summed E-state index contributed by atoms with van der Waals surface area (Å²) in [7, 11) is 1.85. The maximum absolute atomic E-state index is 6.35. The Labute approximate surface area is 136 Å². The summed E-state index contributed by atoms with van der Waals surface area (Å²) in [5, 5.41) is 12.6. The molecule has 7 heteroatoms. The van der Waals surface area contributed by atoms with Crippen LogP contribution in [0, 0.1) is 0 Å². The molecule has 1 unspecified atom stereocenters. The molecule has 2 rings (SSSR count). The highest BCUT2D eigenvalue weighted by atomic mass is 79.9. The molecule has 1 aromatic heterocycles. The second-order valence-corrected chi connectivity index (χ2v) is 5.96. The Morgan fingerprint density at radius 1 is 1.40 bits per heavy atom. The lowest BCUT2D eigenvalue weighted by molar-refractivity contribution is 0.549. The van der Waals surface area contributed by atoms with Crippen molar-refractivity contribution in [1.29, 1.82) is 0 Å². The largest absolute Gasteiger partial charge is 0.305 e. The monoisotopic (exact) mass is 376 g/mol. The highest BCUT2D eigenvalue weighted by molar-refractivity contribution is 9.10. The van der Waals surface area contributed by atoms with Crippen LogP contribution in [-0.4, -0.2) is 21.5 Å². The third-order valence-corrected chi connectivity index (χ3v) is 4.39. The maximum Gasteiger partial charge on any atom is 0.153 e. The molecule has 0 saturated heterocycles. The predicted octanol–water partition coefficient (Wildman–Crippen LogP) is 3.97. The first kappa shape index (κ1) is 15.8. The van der Waals surface area contributed by atoms with Gasteiger partial charge in [-0.1, -0.05) is 47.5 Å². The van der Waals surface area contributed by atoms with Crippen LogP contribution in [0.4, 0.5) is 0 Å². The average molecular weight is 378 g/mol. The third kappa shape index (κ3) is 3.17. The van der Waals surface area contributed by atoms with Gasteiger partial charge in [-0.05, 0) is 40.5 Å². The van der Waals surface area contributed by atoms with Crippen molar-refractivity contribution in [1.82, 2.24) is 20.3 Å². The molecule has 0 bridgehead atoms. The van der Waals surface area contributed by atoms with E-state index < -0.39 is 0 Å². The van der Waals surface area contributed by atoms with Crippen LogP contribution in [0.1, 0.15) is 30.6 Å². The lowest BCUT2D eigenvalue weighted by Crippen LogP contribution is -2.26. The summed E-state index contributed by atoms with van der Waals surface area (Å²) in [5.41, 5.74) is 1.83. The molecule has 0 aliphatic carbocycles. The third-order valence-electron chi connectivity index (χ3n) is 2.99. The van der Waals surface area contributed by atoms with Gasteiger partial charge in [-0.25, -0.2) is 4.68 Å². The molecule has 1 heterocycles. The van der Waals surface area contributed by atoms with E-state index in [4.69, 9.17) is 23.2 Å². The number of hydrogen-bond donors (Lipinski definition) is 1. The first-order valence-corrected chi connectivity index (χ1v) is 7.83. The van der Waals surface area contributed by atoms with Gasteiger partial charge < -0.3 is 5.32 Å². The molecule has 1 N–H and O–H groups in total. The van der Waals surface area contributed by atoms with Gasteiger partial charge in [-0.15, -0.1) is 5.10 Å². The number of hydrogen-bond acceptors (Lipinski definition) is 3. The van der Waals surface area contributed by atoms with Crippen LogP contribution in [0.3, 0.4) is 0 Å². The Hall–Kier alpha value is -0.620. The molecule has 1 atom stereocenters. The van der Waals surface area contributed by atoms with Crippen molar-refractivity contribution in [3.8, 4) is 0 Å². The number of nitrogens with zero attached hydrogens (tertiary/aromatic N) is 3. The maximum atomic E-state index is 6.35. The number of halogens is 3. The number of rotatable bonds is 5. The summed E-state index contributed by atoms with van der Waals surface area (Å²) in [6.07, 6.45) is 1.01. The van der Waals surface area contributed by atoms with E-state index in [1.54, 1.807) is 10.7 Å². The zero-order chi connectivity index (χ0) is 14.7. The zero-order valence-electron chi connectivity index (χ0n) is 11.2. The van der Waals surface area contributed by atoms with Gasteiger partial charge in [0.15, 0.2) is 4.60 Å². The minimum atomic E-state index is -0.115. The van der Waals surface area contributed by atoms with Gasteiger partial charge in [0.1, 0.15) is 0 Å². The number of aryl methyl sites for hydroxylation is 1. The van der Waals surface area contributed by atoms with Crippen molar-refractivity contribution in [2.75, 3.05) is 6.54 Å². The van der Waals surface area contributed by atoms with Crippen LogP contribution in [-0.2, 0) is 7.05 Å². The van der Waals surface area contributed by atoms with E-state index in [0.717, 1.165) is 24.2 Å². The van der Waals surface area contributed by atoms with E-state index >= 15 is 0 Å². The molecule has 108 valence electrons. The van der Waals surface area contributed by atoms with Crippen molar-refractivity contribution in [3.63, 3.8) is 0 Å². The Kier molecular flexibility index (Phi) is 5.43. The molecule has 20 heavy (non-hydrogen) atoms. The molecule has 0 radical (unpaired) electrons. The normalized spacial score (nSPS) is 12.7. The van der Waals surface area contributed by atoms with Crippen molar-refractivity contribution in [2.24, 2.45) is 7.05 Å². The van der Waals surface area contributed by atoms with E-state index in [1.165, 1.54) is 0 Å². The second-order valence-electron chi connectivity index (χ2n) is 4.42. The van der Waals surface area contributed by atoms with Crippen LogP contribution in [0.5, 0.6) is 0 Å². The predicted molar refractivity (Wildman–Crippen MR) is 85.3 cm³/mol. The van der Waals surface area contributed by atoms with Crippen molar-refractivity contribution in [2.45, 2.75) is 19.4 Å². The van der Waals surface area contributed by atoms with Gasteiger partial charge in [0.05, 0.1) is 21.8 Å². The van der Waals surface area contributed by atoms with Crippen LogP contribution in [0.2, 0.25) is 10.0 Å². The van der Waals surface area contributed by atoms with Crippen LogP contribution in [0.25, 0.3) is 0 Å².